The molecule has 7 heteroatoms. The molecule has 0 spiro atoms. The van der Waals surface area contributed by atoms with Crippen LogP contribution in [0.25, 0.3) is 11.5 Å². The number of sulfone groups is 1. The molecular weight excluding hydrogens is 340 g/mol. The molecule has 3 aromatic rings. The Morgan fingerprint density at radius 2 is 1.88 bits per heavy atom. The van der Waals surface area contributed by atoms with E-state index in [1.54, 1.807) is 6.07 Å². The monoisotopic (exact) mass is 356 g/mol. The minimum atomic E-state index is -3.36. The first-order valence-corrected chi connectivity index (χ1v) is 9.41. The SMILES string of the molecule is CS(=O)(=O)c1cccc(C(=O)NCc2coc(-c3ccccc3)n2)c1. The van der Waals surface area contributed by atoms with E-state index in [-0.39, 0.29) is 22.9 Å². The summed E-state index contributed by atoms with van der Waals surface area (Å²) < 4.78 is 28.6. The summed E-state index contributed by atoms with van der Waals surface area (Å²) in [6.07, 6.45) is 2.58. The van der Waals surface area contributed by atoms with Crippen molar-refractivity contribution in [1.29, 1.82) is 0 Å². The Labute approximate surface area is 145 Å². The summed E-state index contributed by atoms with van der Waals surface area (Å²) in [5.41, 5.74) is 1.70. The first kappa shape index (κ1) is 16.9. The molecule has 1 aromatic heterocycles. The van der Waals surface area contributed by atoms with Crippen LogP contribution < -0.4 is 5.32 Å². The number of carbonyl (C=O) groups excluding carboxylic acids is 1. The van der Waals surface area contributed by atoms with Crippen LogP contribution in [0.2, 0.25) is 0 Å². The van der Waals surface area contributed by atoms with Crippen LogP contribution in [0.1, 0.15) is 16.1 Å². The molecule has 3 rings (SSSR count). The van der Waals surface area contributed by atoms with Gasteiger partial charge in [0, 0.05) is 17.4 Å². The number of hydrogen-bond donors (Lipinski definition) is 1. The number of nitrogens with zero attached hydrogens (tertiary/aromatic N) is 1. The second-order valence-corrected chi connectivity index (χ2v) is 7.51. The molecule has 0 fully saturated rings. The van der Waals surface area contributed by atoms with Gasteiger partial charge in [-0.15, -0.1) is 0 Å². The molecule has 0 atom stereocenters. The lowest BCUT2D eigenvalue weighted by Gasteiger charge is -2.05. The molecule has 1 heterocycles. The van der Waals surface area contributed by atoms with Crippen molar-refractivity contribution in [2.45, 2.75) is 11.4 Å². The fourth-order valence-corrected chi connectivity index (χ4v) is 2.91. The van der Waals surface area contributed by atoms with E-state index in [9.17, 15) is 13.2 Å². The van der Waals surface area contributed by atoms with Crippen LogP contribution in [0, 0.1) is 0 Å². The summed E-state index contributed by atoms with van der Waals surface area (Å²) in [7, 11) is -3.36. The third-order valence-corrected chi connectivity index (χ3v) is 4.64. The average molecular weight is 356 g/mol. The van der Waals surface area contributed by atoms with Gasteiger partial charge in [0.25, 0.3) is 5.91 Å². The van der Waals surface area contributed by atoms with Gasteiger partial charge in [-0.25, -0.2) is 13.4 Å². The topological polar surface area (TPSA) is 89.3 Å². The summed E-state index contributed by atoms with van der Waals surface area (Å²) in [6, 6.07) is 15.3. The predicted octanol–water partition coefficient (Wildman–Crippen LogP) is 2.68. The number of hydrogen-bond acceptors (Lipinski definition) is 5. The Bertz CT molecular complexity index is 995. The highest BCUT2D eigenvalue weighted by Gasteiger charge is 2.12. The maximum atomic E-state index is 12.2. The molecule has 0 radical (unpaired) electrons. The van der Waals surface area contributed by atoms with Gasteiger partial charge in [-0.05, 0) is 30.3 Å². The Morgan fingerprint density at radius 3 is 2.60 bits per heavy atom. The van der Waals surface area contributed by atoms with Crippen LogP contribution >= 0.6 is 0 Å². The van der Waals surface area contributed by atoms with E-state index in [2.05, 4.69) is 10.3 Å². The second-order valence-electron chi connectivity index (χ2n) is 5.49. The van der Waals surface area contributed by atoms with Crippen molar-refractivity contribution in [3.05, 3.63) is 72.1 Å². The van der Waals surface area contributed by atoms with Gasteiger partial charge in [0.1, 0.15) is 6.26 Å². The third kappa shape index (κ3) is 4.13. The zero-order valence-electron chi connectivity index (χ0n) is 13.5. The molecule has 25 heavy (non-hydrogen) atoms. The van der Waals surface area contributed by atoms with Crippen molar-refractivity contribution in [2.75, 3.05) is 6.26 Å². The van der Waals surface area contributed by atoms with E-state index in [0.29, 0.717) is 11.6 Å². The summed E-state index contributed by atoms with van der Waals surface area (Å²) in [6.45, 7) is 0.179. The van der Waals surface area contributed by atoms with Crippen LogP contribution in [0.15, 0.2) is 70.2 Å². The predicted molar refractivity (Wildman–Crippen MR) is 92.7 cm³/mol. The summed E-state index contributed by atoms with van der Waals surface area (Å²) in [5.74, 6) is 0.0960. The standard InChI is InChI=1S/C18H16N2O4S/c1-25(22,23)16-9-5-8-14(10-16)17(21)19-11-15-12-24-18(20-15)13-6-3-2-4-7-13/h2-10,12H,11H2,1H3,(H,19,21). The molecular formula is C18H16N2O4S. The average Bonchev–Trinajstić information content (AvgIpc) is 3.09. The minimum Gasteiger partial charge on any atom is -0.444 e. The molecule has 0 saturated heterocycles. The first-order chi connectivity index (χ1) is 11.9. The van der Waals surface area contributed by atoms with Crippen LogP contribution in [-0.2, 0) is 16.4 Å². The fourth-order valence-electron chi connectivity index (χ4n) is 2.24. The van der Waals surface area contributed by atoms with E-state index < -0.39 is 9.84 Å². The van der Waals surface area contributed by atoms with Gasteiger partial charge < -0.3 is 9.73 Å². The number of amides is 1. The highest BCUT2D eigenvalue weighted by atomic mass is 32.2. The molecule has 0 saturated carbocycles. The quantitative estimate of drug-likeness (QED) is 0.759. The van der Waals surface area contributed by atoms with Gasteiger partial charge >= 0.3 is 0 Å². The van der Waals surface area contributed by atoms with Crippen LogP contribution in [-0.4, -0.2) is 25.6 Å². The van der Waals surface area contributed by atoms with Crippen molar-refractivity contribution < 1.29 is 17.6 Å². The third-order valence-electron chi connectivity index (χ3n) is 3.53. The molecule has 1 amide bonds. The van der Waals surface area contributed by atoms with Gasteiger partial charge in [-0.1, -0.05) is 24.3 Å². The first-order valence-electron chi connectivity index (χ1n) is 7.51. The van der Waals surface area contributed by atoms with Crippen molar-refractivity contribution in [3.63, 3.8) is 0 Å². The molecule has 6 nitrogen and oxygen atoms in total. The summed E-state index contributed by atoms with van der Waals surface area (Å²) in [5, 5.41) is 2.70. The maximum Gasteiger partial charge on any atom is 0.251 e. The van der Waals surface area contributed by atoms with Crippen molar-refractivity contribution in [1.82, 2.24) is 10.3 Å². The highest BCUT2D eigenvalue weighted by Crippen LogP contribution is 2.18. The number of oxazole rings is 1. The minimum absolute atomic E-state index is 0.105. The molecule has 128 valence electrons. The second kappa shape index (κ2) is 6.90. The lowest BCUT2D eigenvalue weighted by Crippen LogP contribution is -2.23. The normalized spacial score (nSPS) is 11.2. The molecule has 0 aliphatic rings. The number of carbonyl (C=O) groups is 1. The van der Waals surface area contributed by atoms with Gasteiger partial charge in [-0.2, -0.15) is 0 Å². The molecule has 0 aliphatic heterocycles. The Morgan fingerprint density at radius 1 is 1.12 bits per heavy atom. The lowest BCUT2D eigenvalue weighted by molar-refractivity contribution is 0.0950. The van der Waals surface area contributed by atoms with Crippen molar-refractivity contribution in [2.24, 2.45) is 0 Å². The highest BCUT2D eigenvalue weighted by molar-refractivity contribution is 7.90. The van der Waals surface area contributed by atoms with Crippen molar-refractivity contribution >= 4 is 15.7 Å². The summed E-state index contributed by atoms with van der Waals surface area (Å²) >= 11 is 0. The van der Waals surface area contributed by atoms with Gasteiger partial charge in [0.15, 0.2) is 9.84 Å². The molecule has 0 bridgehead atoms. The van der Waals surface area contributed by atoms with E-state index in [4.69, 9.17) is 4.42 Å². The maximum absolute atomic E-state index is 12.2. The fraction of sp³-hybridized carbons (Fsp3) is 0.111. The zero-order chi connectivity index (χ0) is 17.9. The molecule has 0 unspecified atom stereocenters. The molecule has 2 aromatic carbocycles. The summed E-state index contributed by atoms with van der Waals surface area (Å²) in [4.78, 5) is 16.6. The van der Waals surface area contributed by atoms with E-state index >= 15 is 0 Å². The van der Waals surface area contributed by atoms with Gasteiger partial charge in [-0.3, -0.25) is 4.79 Å². The number of aromatic nitrogens is 1. The number of benzene rings is 2. The Kier molecular flexibility index (Phi) is 4.67. The molecule has 1 N–H and O–H groups in total. The number of rotatable bonds is 5. The van der Waals surface area contributed by atoms with E-state index in [0.717, 1.165) is 11.8 Å². The van der Waals surface area contributed by atoms with Crippen LogP contribution in [0.3, 0.4) is 0 Å². The smallest absolute Gasteiger partial charge is 0.251 e. The largest absolute Gasteiger partial charge is 0.444 e. The van der Waals surface area contributed by atoms with Gasteiger partial charge in [0.2, 0.25) is 5.89 Å². The molecule has 0 aliphatic carbocycles. The van der Waals surface area contributed by atoms with E-state index in [1.807, 2.05) is 30.3 Å². The van der Waals surface area contributed by atoms with Crippen molar-refractivity contribution in [3.8, 4) is 11.5 Å². The zero-order valence-corrected chi connectivity index (χ0v) is 14.3. The van der Waals surface area contributed by atoms with E-state index in [1.165, 1.54) is 24.5 Å². The Hall–Kier alpha value is -2.93. The van der Waals surface area contributed by atoms with Gasteiger partial charge in [0.05, 0.1) is 17.1 Å². The Balaban J connectivity index is 1.68. The number of nitrogens with one attached hydrogen (secondary N) is 1. The lowest BCUT2D eigenvalue weighted by atomic mass is 10.2. The van der Waals surface area contributed by atoms with Crippen LogP contribution in [0.5, 0.6) is 0 Å². The van der Waals surface area contributed by atoms with Crippen LogP contribution in [0.4, 0.5) is 0 Å².